The Bertz CT molecular complexity index is 554. The van der Waals surface area contributed by atoms with E-state index in [1.807, 2.05) is 18.2 Å². The van der Waals surface area contributed by atoms with Gasteiger partial charge in [-0.15, -0.1) is 0 Å². The van der Waals surface area contributed by atoms with Crippen LogP contribution in [-0.4, -0.2) is 25.0 Å². The first-order valence-corrected chi connectivity index (χ1v) is 7.57. The van der Waals surface area contributed by atoms with Crippen LogP contribution in [-0.2, 0) is 16.4 Å². The van der Waals surface area contributed by atoms with Gasteiger partial charge in [-0.2, -0.15) is 4.31 Å². The lowest BCUT2D eigenvalue weighted by Gasteiger charge is -2.23. The highest BCUT2D eigenvalue weighted by Crippen LogP contribution is 2.39. The monoisotopic (exact) mass is 252 g/mol. The minimum absolute atomic E-state index is 0.0399. The number of nitrogens with two attached hydrogens (primary N) is 1. The molecule has 17 heavy (non-hydrogen) atoms. The normalized spacial score (nSPS) is 27.2. The third-order valence-corrected chi connectivity index (χ3v) is 5.66. The number of hydrogen-bond donors (Lipinski definition) is 1. The molecule has 3 rings (SSSR count). The predicted octanol–water partition coefficient (Wildman–Crippen LogP) is 1.29. The number of fused-ring (bicyclic) bond motifs is 1. The van der Waals surface area contributed by atoms with E-state index >= 15 is 0 Å². The number of nitrogen functional groups attached to an aromatic ring is 1. The summed E-state index contributed by atoms with van der Waals surface area (Å²) in [6.45, 7) is 0.664. The van der Waals surface area contributed by atoms with Gasteiger partial charge in [0.25, 0.3) is 0 Å². The molecule has 0 amide bonds. The van der Waals surface area contributed by atoms with E-state index in [2.05, 4.69) is 0 Å². The average Bonchev–Trinajstić information content (AvgIpc) is 2.80. The molecule has 1 aliphatic carbocycles. The number of benzene rings is 1. The summed E-state index contributed by atoms with van der Waals surface area (Å²) in [5.41, 5.74) is 8.86. The number of sulfonamides is 1. The maximum Gasteiger partial charge on any atom is 0.214 e. The van der Waals surface area contributed by atoms with E-state index in [0.717, 1.165) is 30.5 Å². The standard InChI is InChI=1S/C12H16N2O2S/c13-10-3-4-11-9(8-10)2-5-12(11)14-6-1-7-17(14,15)16/h3-4,8,12H,1-2,5-7,13H2. The van der Waals surface area contributed by atoms with Crippen LogP contribution < -0.4 is 5.73 Å². The summed E-state index contributed by atoms with van der Waals surface area (Å²) in [6.07, 6.45) is 2.57. The molecule has 1 aliphatic heterocycles. The zero-order valence-corrected chi connectivity index (χ0v) is 10.4. The molecule has 1 aromatic carbocycles. The Morgan fingerprint density at radius 2 is 2.18 bits per heavy atom. The van der Waals surface area contributed by atoms with Crippen molar-refractivity contribution in [2.24, 2.45) is 0 Å². The third kappa shape index (κ3) is 1.73. The SMILES string of the molecule is Nc1ccc2c(c1)CCC2N1CCCS1(=O)=O. The second kappa shape index (κ2) is 3.71. The zero-order chi connectivity index (χ0) is 12.0. The highest BCUT2D eigenvalue weighted by Gasteiger charge is 2.38. The molecule has 1 unspecified atom stereocenters. The molecule has 1 heterocycles. The molecule has 1 atom stereocenters. The molecule has 2 N–H and O–H groups in total. The van der Waals surface area contributed by atoms with Gasteiger partial charge in [0.2, 0.25) is 10.0 Å². The van der Waals surface area contributed by atoms with Crippen LogP contribution in [0.1, 0.15) is 30.0 Å². The lowest BCUT2D eigenvalue weighted by Crippen LogP contribution is -2.29. The fourth-order valence-electron chi connectivity index (χ4n) is 2.92. The van der Waals surface area contributed by atoms with E-state index in [-0.39, 0.29) is 6.04 Å². The lowest BCUT2D eigenvalue weighted by molar-refractivity contribution is 0.346. The second-order valence-electron chi connectivity index (χ2n) is 4.79. The van der Waals surface area contributed by atoms with E-state index < -0.39 is 10.0 Å². The van der Waals surface area contributed by atoms with Gasteiger partial charge in [-0.3, -0.25) is 0 Å². The highest BCUT2D eigenvalue weighted by molar-refractivity contribution is 7.89. The first-order chi connectivity index (χ1) is 8.08. The minimum Gasteiger partial charge on any atom is -0.399 e. The van der Waals surface area contributed by atoms with Gasteiger partial charge in [0.1, 0.15) is 0 Å². The molecule has 0 spiro atoms. The molecule has 0 saturated carbocycles. The molecular formula is C12H16N2O2S. The number of nitrogens with zero attached hydrogens (tertiary/aromatic N) is 1. The van der Waals surface area contributed by atoms with Gasteiger partial charge in [-0.25, -0.2) is 8.42 Å². The first kappa shape index (κ1) is 11.0. The van der Waals surface area contributed by atoms with Gasteiger partial charge in [-0.05, 0) is 42.5 Å². The Labute approximate surface area is 101 Å². The van der Waals surface area contributed by atoms with Crippen LogP contribution in [0.3, 0.4) is 0 Å². The Balaban J connectivity index is 1.99. The van der Waals surface area contributed by atoms with Gasteiger partial charge in [-0.1, -0.05) is 6.07 Å². The van der Waals surface area contributed by atoms with Gasteiger partial charge >= 0.3 is 0 Å². The number of anilines is 1. The molecule has 92 valence electrons. The topological polar surface area (TPSA) is 63.4 Å². The molecule has 0 radical (unpaired) electrons. The number of hydrogen-bond acceptors (Lipinski definition) is 3. The van der Waals surface area contributed by atoms with Crippen molar-refractivity contribution in [3.63, 3.8) is 0 Å². The molecule has 1 aromatic rings. The zero-order valence-electron chi connectivity index (χ0n) is 9.59. The fourth-order valence-corrected chi connectivity index (χ4v) is 4.67. The fraction of sp³-hybridized carbons (Fsp3) is 0.500. The van der Waals surface area contributed by atoms with Gasteiger partial charge < -0.3 is 5.73 Å². The summed E-state index contributed by atoms with van der Waals surface area (Å²) in [7, 11) is -3.02. The highest BCUT2D eigenvalue weighted by atomic mass is 32.2. The van der Waals surface area contributed by atoms with E-state index in [1.165, 1.54) is 5.56 Å². The van der Waals surface area contributed by atoms with Crippen LogP contribution in [0.2, 0.25) is 0 Å². The van der Waals surface area contributed by atoms with Crippen LogP contribution in [0.5, 0.6) is 0 Å². The minimum atomic E-state index is -3.02. The van der Waals surface area contributed by atoms with E-state index in [0.29, 0.717) is 12.3 Å². The van der Waals surface area contributed by atoms with E-state index in [4.69, 9.17) is 5.73 Å². The van der Waals surface area contributed by atoms with Crippen LogP contribution in [0.15, 0.2) is 18.2 Å². The Morgan fingerprint density at radius 3 is 2.88 bits per heavy atom. The van der Waals surface area contributed by atoms with Crippen molar-refractivity contribution in [2.75, 3.05) is 18.0 Å². The lowest BCUT2D eigenvalue weighted by atomic mass is 10.1. The van der Waals surface area contributed by atoms with E-state index in [1.54, 1.807) is 4.31 Å². The number of rotatable bonds is 1. The van der Waals surface area contributed by atoms with E-state index in [9.17, 15) is 8.42 Å². The smallest absolute Gasteiger partial charge is 0.214 e. The maximum atomic E-state index is 11.9. The maximum absolute atomic E-state index is 11.9. The molecule has 1 fully saturated rings. The van der Waals surface area contributed by atoms with Crippen molar-refractivity contribution in [1.82, 2.24) is 4.31 Å². The summed E-state index contributed by atoms with van der Waals surface area (Å²) >= 11 is 0. The molecule has 4 nitrogen and oxygen atoms in total. The van der Waals surface area contributed by atoms with Gasteiger partial charge in [0.15, 0.2) is 0 Å². The first-order valence-electron chi connectivity index (χ1n) is 5.96. The molecular weight excluding hydrogens is 236 g/mol. The van der Waals surface area contributed by atoms with Gasteiger partial charge in [0.05, 0.1) is 11.8 Å². The van der Waals surface area contributed by atoms with Crippen molar-refractivity contribution < 1.29 is 8.42 Å². The molecule has 0 aromatic heterocycles. The summed E-state index contributed by atoms with van der Waals surface area (Å²) < 4.78 is 25.5. The Kier molecular flexibility index (Phi) is 2.41. The summed E-state index contributed by atoms with van der Waals surface area (Å²) in [5, 5.41) is 0. The largest absolute Gasteiger partial charge is 0.399 e. The third-order valence-electron chi connectivity index (χ3n) is 3.70. The summed E-state index contributed by atoms with van der Waals surface area (Å²) in [5.74, 6) is 0.299. The van der Waals surface area contributed by atoms with Crippen molar-refractivity contribution in [3.05, 3.63) is 29.3 Å². The summed E-state index contributed by atoms with van der Waals surface area (Å²) in [4.78, 5) is 0. The van der Waals surface area contributed by atoms with Crippen molar-refractivity contribution in [1.29, 1.82) is 0 Å². The van der Waals surface area contributed by atoms with Crippen molar-refractivity contribution in [3.8, 4) is 0 Å². The predicted molar refractivity (Wildman–Crippen MR) is 67.0 cm³/mol. The van der Waals surface area contributed by atoms with Gasteiger partial charge in [0, 0.05) is 12.2 Å². The van der Waals surface area contributed by atoms with Crippen LogP contribution in [0.25, 0.3) is 0 Å². The number of aryl methyl sites for hydroxylation is 1. The molecule has 1 saturated heterocycles. The van der Waals surface area contributed by atoms with Crippen LogP contribution in [0, 0.1) is 0 Å². The van der Waals surface area contributed by atoms with Crippen LogP contribution >= 0.6 is 0 Å². The second-order valence-corrected chi connectivity index (χ2v) is 6.83. The molecule has 2 aliphatic rings. The average molecular weight is 252 g/mol. The van der Waals surface area contributed by atoms with Crippen LogP contribution in [0.4, 0.5) is 5.69 Å². The van der Waals surface area contributed by atoms with Crippen molar-refractivity contribution in [2.45, 2.75) is 25.3 Å². The Hall–Kier alpha value is -1.07. The summed E-state index contributed by atoms with van der Waals surface area (Å²) in [6, 6.07) is 5.85. The Morgan fingerprint density at radius 1 is 1.35 bits per heavy atom. The quantitative estimate of drug-likeness (QED) is 0.766. The molecule has 0 bridgehead atoms. The van der Waals surface area contributed by atoms with Crippen molar-refractivity contribution >= 4 is 15.7 Å². The molecule has 5 heteroatoms.